The zero-order valence-corrected chi connectivity index (χ0v) is 17.6. The topological polar surface area (TPSA) is 51.5 Å². The molecule has 1 saturated heterocycles. The summed E-state index contributed by atoms with van der Waals surface area (Å²) < 4.78 is 5.31. The molecule has 5 heteroatoms. The van der Waals surface area contributed by atoms with Crippen LogP contribution >= 0.6 is 0 Å². The van der Waals surface area contributed by atoms with Crippen molar-refractivity contribution < 1.29 is 4.74 Å². The lowest BCUT2D eigenvalue weighted by atomic mass is 10.0. The number of likely N-dealkylation sites (tertiary alicyclic amines) is 1. The average molecular weight is 393 g/mol. The fourth-order valence-electron chi connectivity index (χ4n) is 3.91. The predicted molar refractivity (Wildman–Crippen MR) is 118 cm³/mol. The molecule has 154 valence electrons. The highest BCUT2D eigenvalue weighted by molar-refractivity contribution is 5.46. The molecule has 3 rings (SSSR count). The molecule has 1 heterocycles. The number of nitriles is 1. The van der Waals surface area contributed by atoms with Crippen molar-refractivity contribution in [1.82, 2.24) is 10.2 Å². The van der Waals surface area contributed by atoms with Gasteiger partial charge in [0.15, 0.2) is 0 Å². The zero-order chi connectivity index (χ0) is 20.5. The van der Waals surface area contributed by atoms with E-state index in [1.807, 2.05) is 7.05 Å². The fraction of sp³-hybridized carbons (Fsp3) is 0.458. The number of ether oxygens (including phenoxy) is 1. The standard InChI is InChI=1S/C24H32N4O/c1-27(15-5-14-25)22-10-6-20(7-11-22)18-26-19-24(28-16-3-4-17-28)21-8-12-23(29-2)13-9-21/h6-13,24,26H,3-5,15-19H2,1-2H3/t24-/m1/s1. The van der Waals surface area contributed by atoms with E-state index in [9.17, 15) is 0 Å². The van der Waals surface area contributed by atoms with Gasteiger partial charge in [-0.3, -0.25) is 4.90 Å². The Balaban J connectivity index is 1.57. The van der Waals surface area contributed by atoms with Crippen LogP contribution in [0.25, 0.3) is 0 Å². The van der Waals surface area contributed by atoms with Crippen molar-refractivity contribution in [3.05, 3.63) is 59.7 Å². The minimum Gasteiger partial charge on any atom is -0.497 e. The second-order valence-electron chi connectivity index (χ2n) is 7.66. The van der Waals surface area contributed by atoms with Crippen LogP contribution in [0.2, 0.25) is 0 Å². The Labute approximate surface area is 174 Å². The van der Waals surface area contributed by atoms with Gasteiger partial charge >= 0.3 is 0 Å². The summed E-state index contributed by atoms with van der Waals surface area (Å²) in [6, 6.07) is 19.7. The smallest absolute Gasteiger partial charge is 0.118 e. The van der Waals surface area contributed by atoms with E-state index < -0.39 is 0 Å². The lowest BCUT2D eigenvalue weighted by Gasteiger charge is -2.28. The van der Waals surface area contributed by atoms with Crippen molar-refractivity contribution >= 4 is 5.69 Å². The van der Waals surface area contributed by atoms with Crippen molar-refractivity contribution in [1.29, 1.82) is 5.26 Å². The highest BCUT2D eigenvalue weighted by atomic mass is 16.5. The minimum atomic E-state index is 0.389. The highest BCUT2D eigenvalue weighted by Crippen LogP contribution is 2.26. The first-order chi connectivity index (χ1) is 14.2. The van der Waals surface area contributed by atoms with Gasteiger partial charge in [0.05, 0.1) is 19.6 Å². The maximum Gasteiger partial charge on any atom is 0.118 e. The van der Waals surface area contributed by atoms with E-state index in [4.69, 9.17) is 10.00 Å². The fourth-order valence-corrected chi connectivity index (χ4v) is 3.91. The van der Waals surface area contributed by atoms with Crippen LogP contribution in [0.1, 0.15) is 36.4 Å². The molecular weight excluding hydrogens is 360 g/mol. The Morgan fingerprint density at radius 1 is 1.10 bits per heavy atom. The second kappa shape index (κ2) is 10.8. The molecule has 0 radical (unpaired) electrons. The Morgan fingerprint density at radius 2 is 1.79 bits per heavy atom. The Kier molecular flexibility index (Phi) is 7.92. The summed E-state index contributed by atoms with van der Waals surface area (Å²) in [5.74, 6) is 0.904. The number of nitrogens with one attached hydrogen (secondary N) is 1. The summed E-state index contributed by atoms with van der Waals surface area (Å²) in [5.41, 5.74) is 3.77. The first kappa shape index (κ1) is 21.2. The van der Waals surface area contributed by atoms with E-state index in [-0.39, 0.29) is 0 Å². The van der Waals surface area contributed by atoms with Gasteiger partial charge in [-0.2, -0.15) is 5.26 Å². The van der Waals surface area contributed by atoms with E-state index >= 15 is 0 Å². The lowest BCUT2D eigenvalue weighted by molar-refractivity contribution is 0.238. The van der Waals surface area contributed by atoms with E-state index in [0.29, 0.717) is 12.5 Å². The highest BCUT2D eigenvalue weighted by Gasteiger charge is 2.23. The third-order valence-corrected chi connectivity index (χ3v) is 5.68. The number of hydrogen-bond acceptors (Lipinski definition) is 5. The molecule has 1 aliphatic rings. The summed E-state index contributed by atoms with van der Waals surface area (Å²) in [6.45, 7) is 4.87. The normalized spacial score (nSPS) is 15.1. The molecule has 5 nitrogen and oxygen atoms in total. The zero-order valence-electron chi connectivity index (χ0n) is 17.6. The van der Waals surface area contributed by atoms with E-state index in [0.717, 1.165) is 31.1 Å². The molecule has 0 bridgehead atoms. The number of hydrogen-bond donors (Lipinski definition) is 1. The second-order valence-corrected chi connectivity index (χ2v) is 7.66. The summed E-state index contributed by atoms with van der Waals surface area (Å²) in [5, 5.41) is 12.4. The van der Waals surface area contributed by atoms with Gasteiger partial charge in [0.1, 0.15) is 5.75 Å². The van der Waals surface area contributed by atoms with Gasteiger partial charge < -0.3 is 15.0 Å². The quantitative estimate of drug-likeness (QED) is 0.663. The Hall–Kier alpha value is -2.55. The van der Waals surface area contributed by atoms with Crippen LogP contribution in [0.3, 0.4) is 0 Å². The van der Waals surface area contributed by atoms with Gasteiger partial charge in [-0.15, -0.1) is 0 Å². The molecule has 0 spiro atoms. The summed E-state index contributed by atoms with van der Waals surface area (Å²) >= 11 is 0. The van der Waals surface area contributed by atoms with Crippen molar-refractivity contribution in [3.63, 3.8) is 0 Å². The largest absolute Gasteiger partial charge is 0.497 e. The van der Waals surface area contributed by atoms with Gasteiger partial charge in [0.25, 0.3) is 0 Å². The summed E-state index contributed by atoms with van der Waals surface area (Å²) in [4.78, 5) is 4.70. The molecule has 2 aromatic rings. The van der Waals surface area contributed by atoms with E-state index in [1.165, 1.54) is 37.1 Å². The number of anilines is 1. The SMILES string of the molecule is COc1ccc([C@@H](CNCc2ccc(N(C)CCC#N)cc2)N2CCCC2)cc1. The molecule has 0 saturated carbocycles. The van der Waals surface area contributed by atoms with Crippen molar-refractivity contribution in [3.8, 4) is 11.8 Å². The Morgan fingerprint density at radius 3 is 2.41 bits per heavy atom. The monoisotopic (exact) mass is 392 g/mol. The van der Waals surface area contributed by atoms with Crippen LogP contribution in [-0.4, -0.2) is 45.2 Å². The number of methoxy groups -OCH3 is 1. The third kappa shape index (κ3) is 5.96. The molecular formula is C24H32N4O. The molecule has 1 aliphatic heterocycles. The van der Waals surface area contributed by atoms with Gasteiger partial charge in [0, 0.05) is 38.4 Å². The predicted octanol–water partition coefficient (Wildman–Crippen LogP) is 3.97. The molecule has 0 aromatic heterocycles. The first-order valence-corrected chi connectivity index (χ1v) is 10.5. The lowest BCUT2D eigenvalue weighted by Crippen LogP contribution is -2.34. The maximum atomic E-state index is 8.74. The summed E-state index contributed by atoms with van der Waals surface area (Å²) in [7, 11) is 3.74. The molecule has 29 heavy (non-hydrogen) atoms. The van der Waals surface area contributed by atoms with Crippen LogP contribution < -0.4 is 15.0 Å². The van der Waals surface area contributed by atoms with Gasteiger partial charge in [-0.25, -0.2) is 0 Å². The van der Waals surface area contributed by atoms with Crippen molar-refractivity contribution in [2.45, 2.75) is 31.8 Å². The maximum absolute atomic E-state index is 8.74. The summed E-state index contributed by atoms with van der Waals surface area (Å²) in [6.07, 6.45) is 3.12. The van der Waals surface area contributed by atoms with Gasteiger partial charge in [-0.05, 0) is 61.3 Å². The van der Waals surface area contributed by atoms with Crippen LogP contribution in [-0.2, 0) is 6.54 Å². The Bertz CT molecular complexity index is 776. The van der Waals surface area contributed by atoms with Crippen LogP contribution in [0.4, 0.5) is 5.69 Å². The van der Waals surface area contributed by atoms with E-state index in [1.54, 1.807) is 7.11 Å². The number of benzene rings is 2. The van der Waals surface area contributed by atoms with Crippen LogP contribution in [0.15, 0.2) is 48.5 Å². The molecule has 0 unspecified atom stereocenters. The first-order valence-electron chi connectivity index (χ1n) is 10.5. The van der Waals surface area contributed by atoms with E-state index in [2.05, 4.69) is 69.7 Å². The molecule has 2 aromatic carbocycles. The van der Waals surface area contributed by atoms with Crippen LogP contribution in [0, 0.1) is 11.3 Å². The average Bonchev–Trinajstić information content (AvgIpc) is 3.30. The third-order valence-electron chi connectivity index (χ3n) is 5.68. The minimum absolute atomic E-state index is 0.389. The van der Waals surface area contributed by atoms with Crippen molar-refractivity contribution in [2.24, 2.45) is 0 Å². The van der Waals surface area contributed by atoms with Gasteiger partial charge in [-0.1, -0.05) is 24.3 Å². The molecule has 0 aliphatic carbocycles. The van der Waals surface area contributed by atoms with Gasteiger partial charge in [0.2, 0.25) is 0 Å². The number of nitrogens with zero attached hydrogens (tertiary/aromatic N) is 3. The molecule has 0 amide bonds. The molecule has 1 fully saturated rings. The van der Waals surface area contributed by atoms with Crippen molar-refractivity contribution in [2.75, 3.05) is 45.2 Å². The van der Waals surface area contributed by atoms with Crippen LogP contribution in [0.5, 0.6) is 5.75 Å². The number of rotatable bonds is 10. The molecule has 1 N–H and O–H groups in total. The molecule has 1 atom stereocenters.